The lowest BCUT2D eigenvalue weighted by Crippen LogP contribution is -2.52. The van der Waals surface area contributed by atoms with Crippen LogP contribution in [0.3, 0.4) is 0 Å². The van der Waals surface area contributed by atoms with Gasteiger partial charge >= 0.3 is 6.03 Å². The summed E-state index contributed by atoms with van der Waals surface area (Å²) >= 11 is 0. The third kappa shape index (κ3) is 3.95. The lowest BCUT2D eigenvalue weighted by molar-refractivity contribution is 0.0342. The Balaban J connectivity index is 1.95. The van der Waals surface area contributed by atoms with Crippen LogP contribution >= 0.6 is 0 Å². The van der Waals surface area contributed by atoms with Gasteiger partial charge in [0.05, 0.1) is 18.2 Å². The molecule has 110 valence electrons. The molecule has 1 aromatic carbocycles. The van der Waals surface area contributed by atoms with E-state index in [4.69, 9.17) is 4.74 Å². The summed E-state index contributed by atoms with van der Waals surface area (Å²) in [5, 5.41) is 15.3. The van der Waals surface area contributed by atoms with Crippen LogP contribution in [-0.4, -0.2) is 29.9 Å². The Bertz CT molecular complexity index is 468. The number of ether oxygens (including phenoxy) is 1. The van der Waals surface area contributed by atoms with Crippen LogP contribution in [0.1, 0.15) is 38.4 Å². The van der Waals surface area contributed by atoms with Gasteiger partial charge in [-0.1, -0.05) is 12.1 Å². The third-order valence-corrected chi connectivity index (χ3v) is 3.48. The van der Waals surface area contributed by atoms with Gasteiger partial charge in [-0.05, 0) is 44.4 Å². The first-order chi connectivity index (χ1) is 9.48. The van der Waals surface area contributed by atoms with Crippen LogP contribution in [0.25, 0.3) is 0 Å². The van der Waals surface area contributed by atoms with E-state index in [2.05, 4.69) is 10.6 Å². The smallest absolute Gasteiger partial charge is 0.319 e. The third-order valence-electron chi connectivity index (χ3n) is 3.48. The van der Waals surface area contributed by atoms with Crippen molar-refractivity contribution in [1.82, 2.24) is 5.32 Å². The first kappa shape index (κ1) is 14.8. The number of hydrogen-bond acceptors (Lipinski definition) is 3. The van der Waals surface area contributed by atoms with E-state index in [-0.39, 0.29) is 11.6 Å². The SMILES string of the molecule is CC(O)c1cccc(NC(=O)NC2(C)CCCOC2)c1. The molecule has 0 saturated carbocycles. The van der Waals surface area contributed by atoms with Crippen molar-refractivity contribution >= 4 is 11.7 Å². The minimum Gasteiger partial charge on any atom is -0.389 e. The van der Waals surface area contributed by atoms with Crippen LogP contribution in [0.15, 0.2) is 24.3 Å². The van der Waals surface area contributed by atoms with Gasteiger partial charge in [0, 0.05) is 12.3 Å². The molecule has 5 nitrogen and oxygen atoms in total. The molecule has 20 heavy (non-hydrogen) atoms. The largest absolute Gasteiger partial charge is 0.389 e. The van der Waals surface area contributed by atoms with Crippen molar-refractivity contribution in [3.05, 3.63) is 29.8 Å². The second-order valence-electron chi connectivity index (χ2n) is 5.60. The molecule has 1 saturated heterocycles. The Hall–Kier alpha value is -1.59. The normalized spacial score (nSPS) is 23.9. The summed E-state index contributed by atoms with van der Waals surface area (Å²) in [7, 11) is 0. The summed E-state index contributed by atoms with van der Waals surface area (Å²) in [6.07, 6.45) is 1.31. The summed E-state index contributed by atoms with van der Waals surface area (Å²) in [4.78, 5) is 12.0. The fraction of sp³-hybridized carbons (Fsp3) is 0.533. The van der Waals surface area contributed by atoms with Gasteiger partial charge in [-0.3, -0.25) is 0 Å². The molecule has 0 radical (unpaired) electrons. The molecule has 2 unspecified atom stereocenters. The number of hydrogen-bond donors (Lipinski definition) is 3. The summed E-state index contributed by atoms with van der Waals surface area (Å²) < 4.78 is 5.41. The van der Waals surface area contributed by atoms with Crippen molar-refractivity contribution in [1.29, 1.82) is 0 Å². The van der Waals surface area contributed by atoms with Gasteiger partial charge in [0.1, 0.15) is 0 Å². The molecular formula is C15H22N2O3. The molecule has 1 aliphatic rings. The van der Waals surface area contributed by atoms with Crippen LogP contribution in [0.2, 0.25) is 0 Å². The van der Waals surface area contributed by atoms with E-state index < -0.39 is 6.10 Å². The maximum atomic E-state index is 12.0. The molecule has 0 aliphatic carbocycles. The van der Waals surface area contributed by atoms with E-state index in [1.54, 1.807) is 19.1 Å². The summed E-state index contributed by atoms with van der Waals surface area (Å²) in [6.45, 7) is 4.97. The lowest BCUT2D eigenvalue weighted by Gasteiger charge is -2.34. The molecule has 2 amide bonds. The second-order valence-corrected chi connectivity index (χ2v) is 5.60. The Morgan fingerprint density at radius 3 is 2.95 bits per heavy atom. The minimum atomic E-state index is -0.552. The van der Waals surface area contributed by atoms with Gasteiger partial charge in [0.25, 0.3) is 0 Å². The predicted molar refractivity (Wildman–Crippen MR) is 77.7 cm³/mol. The average molecular weight is 278 g/mol. The predicted octanol–water partition coefficient (Wildman–Crippen LogP) is 2.43. The average Bonchev–Trinajstić information content (AvgIpc) is 2.39. The molecule has 0 aromatic heterocycles. The van der Waals surface area contributed by atoms with Gasteiger partial charge in [-0.2, -0.15) is 0 Å². The van der Waals surface area contributed by atoms with Crippen LogP contribution in [-0.2, 0) is 4.74 Å². The number of anilines is 1. The Labute approximate surface area is 119 Å². The lowest BCUT2D eigenvalue weighted by atomic mass is 9.95. The zero-order valence-corrected chi connectivity index (χ0v) is 12.0. The number of carbonyl (C=O) groups is 1. The number of aliphatic hydroxyl groups is 1. The van der Waals surface area contributed by atoms with Crippen molar-refractivity contribution in [2.24, 2.45) is 0 Å². The van der Waals surface area contributed by atoms with E-state index in [9.17, 15) is 9.90 Å². The topological polar surface area (TPSA) is 70.6 Å². The van der Waals surface area contributed by atoms with Gasteiger partial charge in [-0.15, -0.1) is 0 Å². The monoisotopic (exact) mass is 278 g/mol. The maximum absolute atomic E-state index is 12.0. The van der Waals surface area contributed by atoms with E-state index >= 15 is 0 Å². The van der Waals surface area contributed by atoms with Crippen molar-refractivity contribution in [2.45, 2.75) is 38.3 Å². The number of benzene rings is 1. The Kier molecular flexibility index (Phi) is 4.62. The molecule has 2 atom stereocenters. The molecule has 1 aromatic rings. The summed E-state index contributed by atoms with van der Waals surface area (Å²) in [5.41, 5.74) is 1.13. The number of amides is 2. The molecule has 1 aliphatic heterocycles. The van der Waals surface area contributed by atoms with Gasteiger partial charge in [0.15, 0.2) is 0 Å². The molecule has 3 N–H and O–H groups in total. The van der Waals surface area contributed by atoms with Crippen LogP contribution < -0.4 is 10.6 Å². The first-order valence-corrected chi connectivity index (χ1v) is 6.93. The highest BCUT2D eigenvalue weighted by molar-refractivity contribution is 5.89. The highest BCUT2D eigenvalue weighted by Crippen LogP contribution is 2.20. The zero-order valence-electron chi connectivity index (χ0n) is 12.0. The highest BCUT2D eigenvalue weighted by Gasteiger charge is 2.29. The summed E-state index contributed by atoms with van der Waals surface area (Å²) in [6, 6.07) is 6.95. The van der Waals surface area contributed by atoms with Crippen LogP contribution in [0.4, 0.5) is 10.5 Å². The van der Waals surface area contributed by atoms with Gasteiger partial charge < -0.3 is 20.5 Å². The highest BCUT2D eigenvalue weighted by atomic mass is 16.5. The van der Waals surface area contributed by atoms with Gasteiger partial charge in [-0.25, -0.2) is 4.79 Å². The molecule has 0 bridgehead atoms. The first-order valence-electron chi connectivity index (χ1n) is 6.93. The standard InChI is InChI=1S/C15H22N2O3/c1-11(18)12-5-3-6-13(9-12)16-14(19)17-15(2)7-4-8-20-10-15/h3,5-6,9,11,18H,4,7-8,10H2,1-2H3,(H2,16,17,19). The van der Waals surface area contributed by atoms with Gasteiger partial charge in [0.2, 0.25) is 0 Å². The fourth-order valence-electron chi connectivity index (χ4n) is 2.35. The second kappa shape index (κ2) is 6.24. The zero-order chi connectivity index (χ0) is 14.6. The van der Waals surface area contributed by atoms with E-state index in [1.807, 2.05) is 19.1 Å². The molecule has 0 spiro atoms. The van der Waals surface area contributed by atoms with Crippen molar-refractivity contribution in [3.63, 3.8) is 0 Å². The van der Waals surface area contributed by atoms with Crippen LogP contribution in [0.5, 0.6) is 0 Å². The van der Waals surface area contributed by atoms with Crippen molar-refractivity contribution in [2.75, 3.05) is 18.5 Å². The molecule has 1 fully saturated rings. The Morgan fingerprint density at radius 2 is 2.30 bits per heavy atom. The van der Waals surface area contributed by atoms with Crippen LogP contribution in [0, 0.1) is 0 Å². The van der Waals surface area contributed by atoms with E-state index in [1.165, 1.54) is 0 Å². The number of carbonyl (C=O) groups excluding carboxylic acids is 1. The van der Waals surface area contributed by atoms with Crippen molar-refractivity contribution < 1.29 is 14.6 Å². The number of aliphatic hydroxyl groups excluding tert-OH is 1. The number of rotatable bonds is 3. The molecular weight excluding hydrogens is 256 g/mol. The summed E-state index contributed by atoms with van der Waals surface area (Å²) in [5.74, 6) is 0. The molecule has 1 heterocycles. The fourth-order valence-corrected chi connectivity index (χ4v) is 2.35. The van der Waals surface area contributed by atoms with E-state index in [0.717, 1.165) is 25.0 Å². The quantitative estimate of drug-likeness (QED) is 0.795. The molecule has 2 rings (SSSR count). The van der Waals surface area contributed by atoms with E-state index in [0.29, 0.717) is 12.3 Å². The van der Waals surface area contributed by atoms with Crippen molar-refractivity contribution in [3.8, 4) is 0 Å². The maximum Gasteiger partial charge on any atom is 0.319 e. The minimum absolute atomic E-state index is 0.249. The number of nitrogens with one attached hydrogen (secondary N) is 2. The molecule has 5 heteroatoms. The number of urea groups is 1. The Morgan fingerprint density at radius 1 is 1.50 bits per heavy atom.